The fourth-order valence-electron chi connectivity index (χ4n) is 2.68. The van der Waals surface area contributed by atoms with Crippen molar-refractivity contribution in [1.82, 2.24) is 4.90 Å². The molecule has 0 fully saturated rings. The van der Waals surface area contributed by atoms with Gasteiger partial charge in [0, 0.05) is 13.0 Å². The van der Waals surface area contributed by atoms with Gasteiger partial charge in [-0.3, -0.25) is 28.9 Å². The Hall–Kier alpha value is -3.23. The minimum absolute atomic E-state index is 0.0602. The highest BCUT2D eigenvalue weighted by Crippen LogP contribution is 2.23. The molecule has 2 amide bonds. The van der Waals surface area contributed by atoms with Gasteiger partial charge >= 0.3 is 17.9 Å². The molecule has 2 rings (SSSR count). The highest BCUT2D eigenvalue weighted by atomic mass is 16.7. The number of carboxylic acids is 1. The number of hydrogen-bond donors (Lipinski definition) is 1. The van der Waals surface area contributed by atoms with Crippen molar-refractivity contribution in [3.05, 3.63) is 35.4 Å². The van der Waals surface area contributed by atoms with Gasteiger partial charge in [0.2, 0.25) is 6.29 Å². The van der Waals surface area contributed by atoms with E-state index in [1.807, 2.05) is 0 Å². The van der Waals surface area contributed by atoms with Gasteiger partial charge in [0.25, 0.3) is 11.8 Å². The van der Waals surface area contributed by atoms with Crippen molar-refractivity contribution in [1.29, 1.82) is 0 Å². The molecule has 0 aliphatic carbocycles. The number of aliphatic carboxylic acids is 1. The first kappa shape index (κ1) is 22.1. The molecule has 156 valence electrons. The van der Waals surface area contributed by atoms with Gasteiger partial charge in [-0.1, -0.05) is 26.0 Å². The van der Waals surface area contributed by atoms with Crippen LogP contribution in [-0.2, 0) is 23.9 Å². The van der Waals surface area contributed by atoms with E-state index in [2.05, 4.69) is 0 Å². The fourth-order valence-corrected chi connectivity index (χ4v) is 2.68. The molecule has 1 aromatic rings. The summed E-state index contributed by atoms with van der Waals surface area (Å²) in [7, 11) is 0. The molecule has 1 N–H and O–H groups in total. The first-order valence-corrected chi connectivity index (χ1v) is 9.27. The van der Waals surface area contributed by atoms with Crippen LogP contribution in [0.3, 0.4) is 0 Å². The molecule has 1 aliphatic heterocycles. The number of carbonyl (C=O) groups is 5. The van der Waals surface area contributed by atoms with E-state index in [4.69, 9.17) is 14.6 Å². The van der Waals surface area contributed by atoms with Crippen molar-refractivity contribution in [2.75, 3.05) is 6.54 Å². The van der Waals surface area contributed by atoms with Crippen LogP contribution >= 0.6 is 0 Å². The number of hydrogen-bond acceptors (Lipinski definition) is 7. The van der Waals surface area contributed by atoms with Crippen LogP contribution in [0.15, 0.2) is 24.3 Å². The molecule has 1 unspecified atom stereocenters. The van der Waals surface area contributed by atoms with Crippen LogP contribution in [0, 0.1) is 5.92 Å². The topological polar surface area (TPSA) is 127 Å². The molecule has 29 heavy (non-hydrogen) atoms. The molecule has 1 aliphatic rings. The van der Waals surface area contributed by atoms with Crippen LogP contribution in [-0.4, -0.2) is 52.6 Å². The van der Waals surface area contributed by atoms with Crippen molar-refractivity contribution in [3.63, 3.8) is 0 Å². The molecule has 0 aromatic heterocycles. The van der Waals surface area contributed by atoms with Gasteiger partial charge in [-0.2, -0.15) is 0 Å². The molecule has 9 heteroatoms. The summed E-state index contributed by atoms with van der Waals surface area (Å²) in [6, 6.07) is 6.50. The first-order chi connectivity index (χ1) is 13.7. The van der Waals surface area contributed by atoms with Crippen LogP contribution in [0.5, 0.6) is 0 Å². The minimum atomic E-state index is -1.22. The average Bonchev–Trinajstić information content (AvgIpc) is 2.91. The van der Waals surface area contributed by atoms with Gasteiger partial charge in [-0.15, -0.1) is 0 Å². The number of carbonyl (C=O) groups excluding carboxylic acids is 4. The maximum absolute atomic E-state index is 12.4. The van der Waals surface area contributed by atoms with E-state index < -0.39 is 48.4 Å². The Kier molecular flexibility index (Phi) is 7.46. The lowest BCUT2D eigenvalue weighted by molar-refractivity contribution is -0.192. The van der Waals surface area contributed by atoms with Gasteiger partial charge in [0.15, 0.2) is 0 Å². The van der Waals surface area contributed by atoms with Crippen molar-refractivity contribution in [2.45, 2.75) is 45.8 Å². The molecule has 9 nitrogen and oxygen atoms in total. The van der Waals surface area contributed by atoms with Gasteiger partial charge in [-0.25, -0.2) is 0 Å². The monoisotopic (exact) mass is 405 g/mol. The van der Waals surface area contributed by atoms with Gasteiger partial charge in [-0.05, 0) is 18.6 Å². The average molecular weight is 405 g/mol. The number of fused-ring (bicyclic) bond motifs is 1. The number of carboxylic acid groups (broad SMARTS) is 1. The number of rotatable bonds is 10. The summed E-state index contributed by atoms with van der Waals surface area (Å²) in [6.07, 6.45) is -1.69. The van der Waals surface area contributed by atoms with E-state index in [0.717, 1.165) is 4.90 Å². The van der Waals surface area contributed by atoms with Crippen LogP contribution in [0.2, 0.25) is 0 Å². The quantitative estimate of drug-likeness (QED) is 0.356. The lowest BCUT2D eigenvalue weighted by Crippen LogP contribution is -2.32. The molecule has 0 radical (unpaired) electrons. The fraction of sp³-hybridized carbons (Fsp3) is 0.450. The summed E-state index contributed by atoms with van der Waals surface area (Å²) in [5.41, 5.74) is 0.667. The summed E-state index contributed by atoms with van der Waals surface area (Å²) < 4.78 is 10.2. The molecule has 1 heterocycles. The second-order valence-corrected chi connectivity index (χ2v) is 6.85. The predicted octanol–water partition coefficient (Wildman–Crippen LogP) is 2.00. The van der Waals surface area contributed by atoms with Crippen molar-refractivity contribution in [2.24, 2.45) is 5.92 Å². The molecule has 1 atom stereocenters. The number of imide groups is 1. The van der Waals surface area contributed by atoms with E-state index in [1.165, 1.54) is 0 Å². The maximum atomic E-state index is 12.4. The van der Waals surface area contributed by atoms with Gasteiger partial charge in [0.1, 0.15) is 0 Å². The van der Waals surface area contributed by atoms with E-state index in [0.29, 0.717) is 11.1 Å². The molecular formula is C20H23NO8. The first-order valence-electron chi connectivity index (χ1n) is 9.27. The zero-order valence-electron chi connectivity index (χ0n) is 16.3. The summed E-state index contributed by atoms with van der Waals surface area (Å²) in [5.74, 6) is -3.80. The van der Waals surface area contributed by atoms with Crippen molar-refractivity contribution in [3.8, 4) is 0 Å². The van der Waals surface area contributed by atoms with Crippen molar-refractivity contribution >= 4 is 29.7 Å². The normalized spacial score (nSPS) is 14.0. The standard InChI is InChI=1S/C20H23NO8/c1-12(2)20(27)29-17(28-16(24)10-9-15(22)23)8-5-11-21-18(25)13-6-3-4-7-14(13)19(21)26/h3-4,6-7,12,17H,5,8-11H2,1-2H3,(H,22,23). The summed E-state index contributed by atoms with van der Waals surface area (Å²) in [5, 5.41) is 8.64. The van der Waals surface area contributed by atoms with E-state index >= 15 is 0 Å². The predicted molar refractivity (Wildman–Crippen MR) is 98.7 cm³/mol. The van der Waals surface area contributed by atoms with E-state index in [-0.39, 0.29) is 25.8 Å². The highest BCUT2D eigenvalue weighted by molar-refractivity contribution is 6.21. The Morgan fingerprint density at radius 1 is 1.00 bits per heavy atom. The van der Waals surface area contributed by atoms with Crippen molar-refractivity contribution < 1.29 is 38.6 Å². The minimum Gasteiger partial charge on any atom is -0.481 e. The Labute approximate surface area is 167 Å². The smallest absolute Gasteiger partial charge is 0.311 e. The lowest BCUT2D eigenvalue weighted by atomic mass is 10.1. The van der Waals surface area contributed by atoms with Crippen LogP contribution < -0.4 is 0 Å². The van der Waals surface area contributed by atoms with Crippen LogP contribution in [0.4, 0.5) is 0 Å². The third-order valence-corrected chi connectivity index (χ3v) is 4.22. The molecule has 0 saturated carbocycles. The van der Waals surface area contributed by atoms with Gasteiger partial charge in [0.05, 0.1) is 29.9 Å². The SMILES string of the molecule is CC(C)C(=O)OC(CCCN1C(=O)c2ccccc2C1=O)OC(=O)CCC(=O)O. The number of esters is 2. The number of nitrogens with zero attached hydrogens (tertiary/aromatic N) is 1. The van der Waals surface area contributed by atoms with Crippen LogP contribution in [0.1, 0.15) is 60.2 Å². The molecular weight excluding hydrogens is 382 g/mol. The zero-order chi connectivity index (χ0) is 21.6. The van der Waals surface area contributed by atoms with Gasteiger partial charge < -0.3 is 14.6 Å². The molecule has 1 aromatic carbocycles. The summed E-state index contributed by atoms with van der Waals surface area (Å²) in [6.45, 7) is 3.30. The largest absolute Gasteiger partial charge is 0.481 e. The molecule has 0 bridgehead atoms. The number of benzene rings is 1. The summed E-state index contributed by atoms with van der Waals surface area (Å²) >= 11 is 0. The number of amides is 2. The lowest BCUT2D eigenvalue weighted by Gasteiger charge is -2.20. The van der Waals surface area contributed by atoms with E-state index in [1.54, 1.807) is 38.1 Å². The molecule has 0 saturated heterocycles. The zero-order valence-corrected chi connectivity index (χ0v) is 16.3. The second-order valence-electron chi connectivity index (χ2n) is 6.85. The Morgan fingerprint density at radius 2 is 1.59 bits per heavy atom. The summed E-state index contributed by atoms with van der Waals surface area (Å²) in [4.78, 5) is 60.0. The third-order valence-electron chi connectivity index (χ3n) is 4.22. The van der Waals surface area contributed by atoms with E-state index in [9.17, 15) is 24.0 Å². The number of ether oxygens (including phenoxy) is 2. The Bertz CT molecular complexity index is 781. The Morgan fingerprint density at radius 3 is 2.10 bits per heavy atom. The maximum Gasteiger partial charge on any atom is 0.311 e. The highest BCUT2D eigenvalue weighted by Gasteiger charge is 2.34. The van der Waals surface area contributed by atoms with Crippen LogP contribution in [0.25, 0.3) is 0 Å². The Balaban J connectivity index is 1.94. The molecule has 0 spiro atoms. The second kappa shape index (κ2) is 9.81. The third kappa shape index (κ3) is 5.87.